The zero-order valence-electron chi connectivity index (χ0n) is 11.8. The number of aromatic nitrogens is 2. The molecule has 110 valence electrons. The molecule has 2 fully saturated rings. The van der Waals surface area contributed by atoms with Crippen molar-refractivity contribution >= 4 is 23.2 Å². The standard InChI is InChI=1S/C16H16Cl2N2O/c1-19-15(10-4-5-10)14(9-2-3-9)16(21)20(19)13-8-11(17)6-7-12(13)18/h6-10H,2-5H2,1H3. The summed E-state index contributed by atoms with van der Waals surface area (Å²) in [7, 11) is 1.96. The Morgan fingerprint density at radius 3 is 2.38 bits per heavy atom. The van der Waals surface area contributed by atoms with Gasteiger partial charge in [0.05, 0.1) is 10.7 Å². The van der Waals surface area contributed by atoms with Gasteiger partial charge in [-0.2, -0.15) is 0 Å². The monoisotopic (exact) mass is 322 g/mol. The molecule has 1 heterocycles. The first-order valence-electron chi connectivity index (χ1n) is 7.35. The Hall–Kier alpha value is -1.19. The number of hydrogen-bond donors (Lipinski definition) is 0. The predicted octanol–water partition coefficient (Wildman–Crippen LogP) is 4.24. The van der Waals surface area contributed by atoms with Gasteiger partial charge in [0.2, 0.25) is 0 Å². The zero-order valence-corrected chi connectivity index (χ0v) is 13.3. The van der Waals surface area contributed by atoms with E-state index in [1.807, 2.05) is 11.7 Å². The van der Waals surface area contributed by atoms with Gasteiger partial charge < -0.3 is 0 Å². The molecule has 0 amide bonds. The Kier molecular flexibility index (Phi) is 2.98. The van der Waals surface area contributed by atoms with Gasteiger partial charge in [-0.1, -0.05) is 23.2 Å². The first-order valence-corrected chi connectivity index (χ1v) is 8.10. The van der Waals surface area contributed by atoms with Crippen LogP contribution in [0.4, 0.5) is 0 Å². The Bertz CT molecular complexity index is 782. The third-order valence-corrected chi connectivity index (χ3v) is 4.99. The van der Waals surface area contributed by atoms with E-state index in [0.717, 1.165) is 18.4 Å². The highest BCUT2D eigenvalue weighted by Crippen LogP contribution is 2.48. The van der Waals surface area contributed by atoms with Crippen molar-refractivity contribution in [2.24, 2.45) is 7.05 Å². The summed E-state index contributed by atoms with van der Waals surface area (Å²) in [4.78, 5) is 12.9. The molecule has 0 saturated heterocycles. The molecule has 1 aromatic heterocycles. The topological polar surface area (TPSA) is 26.9 Å². The van der Waals surface area contributed by atoms with Gasteiger partial charge >= 0.3 is 0 Å². The normalized spacial score (nSPS) is 18.2. The summed E-state index contributed by atoms with van der Waals surface area (Å²) < 4.78 is 3.68. The van der Waals surface area contributed by atoms with Gasteiger partial charge in [0.25, 0.3) is 5.56 Å². The van der Waals surface area contributed by atoms with E-state index in [-0.39, 0.29) is 5.56 Å². The highest BCUT2D eigenvalue weighted by Gasteiger charge is 2.39. The molecular weight excluding hydrogens is 307 g/mol. The van der Waals surface area contributed by atoms with Crippen LogP contribution >= 0.6 is 23.2 Å². The highest BCUT2D eigenvalue weighted by molar-refractivity contribution is 6.34. The summed E-state index contributed by atoms with van der Waals surface area (Å²) in [5.41, 5.74) is 2.96. The Morgan fingerprint density at radius 1 is 1.10 bits per heavy atom. The van der Waals surface area contributed by atoms with Crippen LogP contribution < -0.4 is 5.56 Å². The lowest BCUT2D eigenvalue weighted by Gasteiger charge is -2.11. The van der Waals surface area contributed by atoms with Crippen LogP contribution in [-0.2, 0) is 7.05 Å². The summed E-state index contributed by atoms with van der Waals surface area (Å²) in [6.45, 7) is 0. The molecule has 2 aromatic rings. The van der Waals surface area contributed by atoms with Crippen molar-refractivity contribution < 1.29 is 0 Å². The largest absolute Gasteiger partial charge is 0.284 e. The fraction of sp³-hybridized carbons (Fsp3) is 0.438. The highest BCUT2D eigenvalue weighted by atomic mass is 35.5. The van der Waals surface area contributed by atoms with E-state index in [2.05, 4.69) is 0 Å². The molecule has 4 rings (SSSR count). The minimum atomic E-state index is 0.0751. The van der Waals surface area contributed by atoms with Crippen LogP contribution in [-0.4, -0.2) is 9.36 Å². The molecule has 0 unspecified atom stereocenters. The molecule has 0 atom stereocenters. The quantitative estimate of drug-likeness (QED) is 0.830. The summed E-state index contributed by atoms with van der Waals surface area (Å²) in [6.07, 6.45) is 4.62. The maximum absolute atomic E-state index is 12.9. The molecule has 2 saturated carbocycles. The van der Waals surface area contributed by atoms with Gasteiger partial charge in [0.15, 0.2) is 0 Å². The first kappa shape index (κ1) is 13.5. The zero-order chi connectivity index (χ0) is 14.7. The average Bonchev–Trinajstić information content (AvgIpc) is 3.33. The second-order valence-corrected chi connectivity index (χ2v) is 6.93. The molecule has 0 bridgehead atoms. The maximum atomic E-state index is 12.9. The van der Waals surface area contributed by atoms with Crippen LogP contribution in [0.5, 0.6) is 0 Å². The summed E-state index contributed by atoms with van der Waals surface area (Å²) in [5.74, 6) is 0.982. The third kappa shape index (κ3) is 2.14. The minimum absolute atomic E-state index is 0.0751. The second kappa shape index (κ2) is 4.65. The summed E-state index contributed by atoms with van der Waals surface area (Å²) >= 11 is 12.4. The van der Waals surface area contributed by atoms with Crippen LogP contribution in [0.25, 0.3) is 5.69 Å². The van der Waals surface area contributed by atoms with Crippen LogP contribution in [0.2, 0.25) is 10.0 Å². The van der Waals surface area contributed by atoms with Gasteiger partial charge in [-0.05, 0) is 49.8 Å². The summed E-state index contributed by atoms with van der Waals surface area (Å²) in [5, 5.41) is 1.13. The van der Waals surface area contributed by atoms with Crippen molar-refractivity contribution in [3.8, 4) is 5.69 Å². The van der Waals surface area contributed by atoms with Gasteiger partial charge in [-0.15, -0.1) is 0 Å². The lowest BCUT2D eigenvalue weighted by Crippen LogP contribution is -2.21. The first-order chi connectivity index (χ1) is 10.1. The lowest BCUT2D eigenvalue weighted by atomic mass is 10.1. The molecule has 2 aliphatic rings. The Balaban J connectivity index is 1.99. The van der Waals surface area contributed by atoms with Crippen LogP contribution in [0, 0.1) is 0 Å². The average molecular weight is 323 g/mol. The third-order valence-electron chi connectivity index (χ3n) is 4.43. The molecule has 5 heteroatoms. The maximum Gasteiger partial charge on any atom is 0.275 e. The fourth-order valence-corrected chi connectivity index (χ4v) is 3.52. The number of benzene rings is 1. The number of rotatable bonds is 3. The van der Waals surface area contributed by atoms with Crippen molar-refractivity contribution in [2.75, 3.05) is 0 Å². The molecular formula is C16H16Cl2N2O. The minimum Gasteiger partial charge on any atom is -0.284 e. The predicted molar refractivity (Wildman–Crippen MR) is 85.0 cm³/mol. The molecule has 21 heavy (non-hydrogen) atoms. The fourth-order valence-electron chi connectivity index (χ4n) is 3.16. The van der Waals surface area contributed by atoms with Gasteiger partial charge in [0.1, 0.15) is 0 Å². The van der Waals surface area contributed by atoms with Crippen molar-refractivity contribution in [1.82, 2.24) is 9.36 Å². The Labute approximate surface area is 133 Å². The van der Waals surface area contributed by atoms with Crippen LogP contribution in [0.1, 0.15) is 48.8 Å². The van der Waals surface area contributed by atoms with E-state index in [9.17, 15) is 4.79 Å². The van der Waals surface area contributed by atoms with E-state index >= 15 is 0 Å². The van der Waals surface area contributed by atoms with Crippen molar-refractivity contribution in [1.29, 1.82) is 0 Å². The van der Waals surface area contributed by atoms with Gasteiger partial charge in [0, 0.05) is 29.2 Å². The molecule has 0 aliphatic heterocycles. The molecule has 0 radical (unpaired) electrons. The lowest BCUT2D eigenvalue weighted by molar-refractivity contribution is 0.616. The van der Waals surface area contributed by atoms with E-state index in [0.29, 0.717) is 27.6 Å². The van der Waals surface area contributed by atoms with E-state index < -0.39 is 0 Å². The van der Waals surface area contributed by atoms with Crippen molar-refractivity contribution in [3.63, 3.8) is 0 Å². The van der Waals surface area contributed by atoms with Crippen LogP contribution in [0.15, 0.2) is 23.0 Å². The van der Waals surface area contributed by atoms with Crippen molar-refractivity contribution in [2.45, 2.75) is 37.5 Å². The molecule has 0 spiro atoms. The number of hydrogen-bond acceptors (Lipinski definition) is 1. The van der Waals surface area contributed by atoms with E-state index in [1.165, 1.54) is 18.5 Å². The summed E-state index contributed by atoms with van der Waals surface area (Å²) in [6, 6.07) is 5.25. The second-order valence-electron chi connectivity index (χ2n) is 6.08. The molecule has 2 aliphatic carbocycles. The number of nitrogens with zero attached hydrogens (tertiary/aromatic N) is 2. The smallest absolute Gasteiger partial charge is 0.275 e. The SMILES string of the molecule is Cn1c(C2CC2)c(C2CC2)c(=O)n1-c1cc(Cl)ccc1Cl. The van der Waals surface area contributed by atoms with Gasteiger partial charge in [-0.25, -0.2) is 4.68 Å². The van der Waals surface area contributed by atoms with E-state index in [1.54, 1.807) is 22.9 Å². The Morgan fingerprint density at radius 2 is 1.76 bits per heavy atom. The van der Waals surface area contributed by atoms with Gasteiger partial charge in [-0.3, -0.25) is 9.48 Å². The molecule has 3 nitrogen and oxygen atoms in total. The van der Waals surface area contributed by atoms with E-state index in [4.69, 9.17) is 23.2 Å². The number of halogens is 2. The molecule has 0 N–H and O–H groups in total. The van der Waals surface area contributed by atoms with Crippen LogP contribution in [0.3, 0.4) is 0 Å². The molecule has 1 aromatic carbocycles. The van der Waals surface area contributed by atoms with Crippen molar-refractivity contribution in [3.05, 3.63) is 49.9 Å².